The summed E-state index contributed by atoms with van der Waals surface area (Å²) in [6.07, 6.45) is 6.44. The largest absolute Gasteiger partial charge is 0.319 e. The lowest BCUT2D eigenvalue weighted by Gasteiger charge is -2.21. The van der Waals surface area contributed by atoms with Crippen molar-refractivity contribution in [3.05, 3.63) is 11.6 Å². The minimum absolute atomic E-state index is 0.570. The minimum atomic E-state index is 0.570. The first-order chi connectivity index (χ1) is 7.88. The summed E-state index contributed by atoms with van der Waals surface area (Å²) in [5, 5.41) is 7.95. The molecule has 1 aromatic heterocycles. The summed E-state index contributed by atoms with van der Waals surface area (Å²) in [5.41, 5.74) is 0. The Labute approximate surface area is 96.4 Å². The lowest BCUT2D eigenvalue weighted by molar-refractivity contribution is 0.391. The summed E-state index contributed by atoms with van der Waals surface area (Å²) in [6, 6.07) is 0. The normalized spacial score (nSPS) is 25.2. The number of rotatable bonds is 3. The van der Waals surface area contributed by atoms with Crippen LogP contribution in [-0.4, -0.2) is 28.4 Å². The molecule has 3 rings (SSSR count). The van der Waals surface area contributed by atoms with Gasteiger partial charge in [0.1, 0.15) is 5.82 Å². The predicted octanol–water partition coefficient (Wildman–Crippen LogP) is 1.64. The smallest absolute Gasteiger partial charge is 0.154 e. The van der Waals surface area contributed by atoms with Gasteiger partial charge in [-0.25, -0.2) is 9.67 Å². The Bertz CT molecular complexity index is 367. The molecule has 2 heterocycles. The summed E-state index contributed by atoms with van der Waals surface area (Å²) in [6.45, 7) is 2.10. The van der Waals surface area contributed by atoms with Crippen LogP contribution >= 0.6 is 0 Å². The number of nitrogens with zero attached hydrogens (tertiary/aromatic N) is 3. The number of fused-ring (bicyclic) bond motifs is 1. The van der Waals surface area contributed by atoms with E-state index in [1.54, 1.807) is 0 Å². The molecule has 1 aliphatic heterocycles. The fraction of sp³-hybridized carbons (Fsp3) is 0.833. The van der Waals surface area contributed by atoms with Crippen LogP contribution in [0, 0.1) is 0 Å². The first-order valence-electron chi connectivity index (χ1n) is 6.47. The van der Waals surface area contributed by atoms with Crippen LogP contribution in [0.3, 0.4) is 0 Å². The van der Waals surface area contributed by atoms with Gasteiger partial charge in [0.25, 0.3) is 0 Å². The maximum absolute atomic E-state index is 4.78. The molecule has 0 spiro atoms. The Morgan fingerprint density at radius 3 is 2.88 bits per heavy atom. The van der Waals surface area contributed by atoms with E-state index in [-0.39, 0.29) is 0 Å². The van der Waals surface area contributed by atoms with Crippen molar-refractivity contribution in [2.24, 2.45) is 0 Å². The quantitative estimate of drug-likeness (QED) is 0.842. The molecule has 0 aromatic carbocycles. The molecule has 4 heteroatoms. The van der Waals surface area contributed by atoms with Gasteiger partial charge < -0.3 is 5.32 Å². The molecule has 1 unspecified atom stereocenters. The number of nitrogens with one attached hydrogen (secondary N) is 1. The minimum Gasteiger partial charge on any atom is -0.319 e. The summed E-state index contributed by atoms with van der Waals surface area (Å²) in [7, 11) is 2.02. The molecule has 88 valence electrons. The van der Waals surface area contributed by atoms with Crippen molar-refractivity contribution in [2.45, 2.75) is 50.5 Å². The molecule has 0 bridgehead atoms. The first kappa shape index (κ1) is 10.3. The SMILES string of the molecule is CNCC1CCCn2nc(C3CCC3)nc21. The molecule has 1 fully saturated rings. The molecular formula is C12H20N4. The zero-order valence-electron chi connectivity index (χ0n) is 9.95. The van der Waals surface area contributed by atoms with E-state index in [1.165, 1.54) is 37.9 Å². The maximum Gasteiger partial charge on any atom is 0.154 e. The lowest BCUT2D eigenvalue weighted by Crippen LogP contribution is -2.25. The Hall–Kier alpha value is -0.900. The maximum atomic E-state index is 4.78. The molecular weight excluding hydrogens is 200 g/mol. The highest BCUT2D eigenvalue weighted by atomic mass is 15.4. The van der Waals surface area contributed by atoms with Gasteiger partial charge in [0.15, 0.2) is 5.82 Å². The van der Waals surface area contributed by atoms with E-state index in [1.807, 2.05) is 7.05 Å². The van der Waals surface area contributed by atoms with E-state index in [0.717, 1.165) is 18.9 Å². The Kier molecular flexibility index (Phi) is 2.67. The van der Waals surface area contributed by atoms with Crippen molar-refractivity contribution in [1.29, 1.82) is 0 Å². The van der Waals surface area contributed by atoms with Gasteiger partial charge in [-0.1, -0.05) is 6.42 Å². The summed E-state index contributed by atoms with van der Waals surface area (Å²) < 4.78 is 2.15. The van der Waals surface area contributed by atoms with Crippen LogP contribution in [0.25, 0.3) is 0 Å². The van der Waals surface area contributed by atoms with Crippen molar-refractivity contribution in [1.82, 2.24) is 20.1 Å². The van der Waals surface area contributed by atoms with Gasteiger partial charge >= 0.3 is 0 Å². The van der Waals surface area contributed by atoms with E-state index < -0.39 is 0 Å². The Morgan fingerprint density at radius 2 is 2.19 bits per heavy atom. The second-order valence-corrected chi connectivity index (χ2v) is 5.08. The van der Waals surface area contributed by atoms with Gasteiger partial charge in [-0.2, -0.15) is 5.10 Å². The van der Waals surface area contributed by atoms with Gasteiger partial charge in [-0.3, -0.25) is 0 Å². The van der Waals surface area contributed by atoms with Crippen molar-refractivity contribution in [3.63, 3.8) is 0 Å². The molecule has 0 amide bonds. The second kappa shape index (κ2) is 4.17. The summed E-state index contributed by atoms with van der Waals surface area (Å²) >= 11 is 0. The molecule has 1 aliphatic carbocycles. The fourth-order valence-corrected chi connectivity index (χ4v) is 2.73. The number of hydrogen-bond donors (Lipinski definition) is 1. The molecule has 0 saturated heterocycles. The van der Waals surface area contributed by atoms with E-state index in [9.17, 15) is 0 Å². The third-order valence-corrected chi connectivity index (χ3v) is 3.93. The zero-order chi connectivity index (χ0) is 11.0. The monoisotopic (exact) mass is 220 g/mol. The molecule has 1 saturated carbocycles. The van der Waals surface area contributed by atoms with Crippen LogP contribution in [0.5, 0.6) is 0 Å². The first-order valence-corrected chi connectivity index (χ1v) is 6.47. The van der Waals surface area contributed by atoms with E-state index in [2.05, 4.69) is 15.1 Å². The van der Waals surface area contributed by atoms with E-state index >= 15 is 0 Å². The van der Waals surface area contributed by atoms with Crippen LogP contribution in [-0.2, 0) is 6.54 Å². The van der Waals surface area contributed by atoms with Crippen LogP contribution < -0.4 is 5.32 Å². The van der Waals surface area contributed by atoms with Gasteiger partial charge in [0.05, 0.1) is 0 Å². The van der Waals surface area contributed by atoms with Gasteiger partial charge in [-0.15, -0.1) is 0 Å². The fourth-order valence-electron chi connectivity index (χ4n) is 2.73. The van der Waals surface area contributed by atoms with Crippen molar-refractivity contribution >= 4 is 0 Å². The van der Waals surface area contributed by atoms with Gasteiger partial charge in [0.2, 0.25) is 0 Å². The van der Waals surface area contributed by atoms with Crippen LogP contribution in [0.4, 0.5) is 0 Å². The van der Waals surface area contributed by atoms with Crippen LogP contribution in [0.2, 0.25) is 0 Å². The molecule has 2 aliphatic rings. The summed E-state index contributed by atoms with van der Waals surface area (Å²) in [4.78, 5) is 4.78. The zero-order valence-corrected chi connectivity index (χ0v) is 9.95. The Balaban J connectivity index is 1.85. The van der Waals surface area contributed by atoms with Crippen molar-refractivity contribution < 1.29 is 0 Å². The molecule has 16 heavy (non-hydrogen) atoms. The second-order valence-electron chi connectivity index (χ2n) is 5.08. The van der Waals surface area contributed by atoms with E-state index in [4.69, 9.17) is 4.98 Å². The molecule has 1 N–H and O–H groups in total. The molecule has 0 radical (unpaired) electrons. The van der Waals surface area contributed by atoms with Crippen molar-refractivity contribution in [3.8, 4) is 0 Å². The van der Waals surface area contributed by atoms with Crippen LogP contribution in [0.15, 0.2) is 0 Å². The third-order valence-electron chi connectivity index (χ3n) is 3.93. The molecule has 1 atom stereocenters. The molecule has 4 nitrogen and oxygen atoms in total. The van der Waals surface area contributed by atoms with E-state index in [0.29, 0.717) is 11.8 Å². The predicted molar refractivity (Wildman–Crippen MR) is 62.5 cm³/mol. The Morgan fingerprint density at radius 1 is 1.31 bits per heavy atom. The topological polar surface area (TPSA) is 42.7 Å². The third kappa shape index (κ3) is 1.65. The average molecular weight is 220 g/mol. The highest BCUT2D eigenvalue weighted by Gasteiger charge is 2.28. The number of aromatic nitrogens is 3. The standard InChI is InChI=1S/C12H20N4/c1-13-8-10-6-3-7-16-12(10)14-11(15-16)9-4-2-5-9/h9-10,13H,2-8H2,1H3. The van der Waals surface area contributed by atoms with Gasteiger partial charge in [0, 0.05) is 24.9 Å². The van der Waals surface area contributed by atoms with Gasteiger partial charge in [-0.05, 0) is 32.7 Å². The molecule has 1 aromatic rings. The number of aryl methyl sites for hydroxylation is 1. The summed E-state index contributed by atoms with van der Waals surface area (Å²) in [5.74, 6) is 3.57. The van der Waals surface area contributed by atoms with Crippen molar-refractivity contribution in [2.75, 3.05) is 13.6 Å². The van der Waals surface area contributed by atoms with Crippen LogP contribution in [0.1, 0.15) is 55.6 Å². The lowest BCUT2D eigenvalue weighted by atomic mass is 9.85. The number of hydrogen-bond acceptors (Lipinski definition) is 3. The highest BCUT2D eigenvalue weighted by molar-refractivity contribution is 5.08. The highest BCUT2D eigenvalue weighted by Crippen LogP contribution is 2.36. The number of likely N-dealkylation sites (N-methyl/N-ethyl adjacent to an activating group) is 1. The average Bonchev–Trinajstić information content (AvgIpc) is 2.59.